The summed E-state index contributed by atoms with van der Waals surface area (Å²) in [5.41, 5.74) is -1.49. The average molecular weight is 899 g/mol. The number of carbonyl (C=O) groups is 3. The van der Waals surface area contributed by atoms with Gasteiger partial charge in [-0.1, -0.05) is 38.2 Å². The summed E-state index contributed by atoms with van der Waals surface area (Å²) in [5.74, 6) is -2.12. The lowest BCUT2D eigenvalue weighted by atomic mass is 9.82. The highest BCUT2D eigenvalue weighted by Crippen LogP contribution is 2.38. The van der Waals surface area contributed by atoms with E-state index in [1.807, 2.05) is 52.2 Å². The minimum absolute atomic E-state index is 0.0117. The summed E-state index contributed by atoms with van der Waals surface area (Å²) in [6.07, 6.45) is -1.76. The number of carbonyl (C=O) groups excluding carboxylic acids is 3. The molecule has 4 aliphatic rings. The number of aldehydes is 1. The van der Waals surface area contributed by atoms with Crippen LogP contribution in [-0.2, 0) is 57.0 Å². The van der Waals surface area contributed by atoms with Crippen molar-refractivity contribution in [2.24, 2.45) is 11.8 Å². The number of hydrogen-bond donors (Lipinski definition) is 3. The van der Waals surface area contributed by atoms with Crippen LogP contribution in [0.2, 0.25) is 0 Å². The van der Waals surface area contributed by atoms with Crippen LogP contribution in [0.15, 0.2) is 24.3 Å². The van der Waals surface area contributed by atoms with Crippen molar-refractivity contribution in [2.75, 3.05) is 35.3 Å². The number of aliphatic hydroxyl groups excluding tert-OH is 2. The first kappa shape index (κ1) is 53.2. The van der Waals surface area contributed by atoms with Gasteiger partial charge < -0.3 is 72.5 Å². The zero-order chi connectivity index (χ0) is 46.8. The van der Waals surface area contributed by atoms with Crippen LogP contribution in [0.1, 0.15) is 99.8 Å². The van der Waals surface area contributed by atoms with Crippen molar-refractivity contribution >= 4 is 18.2 Å². The van der Waals surface area contributed by atoms with Gasteiger partial charge >= 0.3 is 11.9 Å². The van der Waals surface area contributed by atoms with E-state index in [9.17, 15) is 29.7 Å². The number of aliphatic hydroxyl groups is 3. The molecule has 1 unspecified atom stereocenters. The van der Waals surface area contributed by atoms with Gasteiger partial charge in [-0.15, -0.1) is 0 Å². The van der Waals surface area contributed by atoms with Gasteiger partial charge in [0, 0.05) is 38.8 Å². The predicted molar refractivity (Wildman–Crippen MR) is 231 cm³/mol. The normalized spacial score (nSPS) is 43.5. The first-order valence-corrected chi connectivity index (χ1v) is 22.7. The van der Waals surface area contributed by atoms with E-state index in [0.29, 0.717) is 19.3 Å². The van der Waals surface area contributed by atoms with Crippen molar-refractivity contribution in [3.8, 4) is 0 Å². The van der Waals surface area contributed by atoms with E-state index in [1.54, 1.807) is 46.7 Å². The van der Waals surface area contributed by atoms with Crippen LogP contribution in [0.5, 0.6) is 0 Å². The standard InChI is InChI=1S/C46H78N2O15/c1-13-35(50)60-34-24-36(51)56-27(3)17-15-14-16-18-33(61-37-20-19-32(47(8)9)28(4)57-37)26(2)23-31(21-22-49)42(43(34)55-12)63-45-40(52)39(48(10)11)41(29(5)59-45)62-38-25-46(7,54)44(53)30(6)58-38/h14-16,18,22,26-34,37-45,52-54H,13,17,19-21,23-25H2,1-12H3/b15-14-,18-16+/t26-,27-,28-,29-,30+,31+,32+,33+,34-,37+,38+,39-,40-,41-,42+,43?,44+,45+,46-/m1/s1. The number of cyclic esters (lactones) is 1. The van der Waals surface area contributed by atoms with Crippen LogP contribution in [0.25, 0.3) is 0 Å². The van der Waals surface area contributed by atoms with Crippen LogP contribution in [0, 0.1) is 11.8 Å². The molecular formula is C46H78N2O15. The summed E-state index contributed by atoms with van der Waals surface area (Å²) in [7, 11) is 9.04. The lowest BCUT2D eigenvalue weighted by Gasteiger charge is -2.50. The second-order valence-corrected chi connectivity index (χ2v) is 18.6. The molecule has 362 valence electrons. The molecule has 3 N–H and O–H groups in total. The Labute approximate surface area is 374 Å². The summed E-state index contributed by atoms with van der Waals surface area (Å²) in [6, 6.07) is -0.510. The Morgan fingerprint density at radius 1 is 0.905 bits per heavy atom. The number of likely N-dealkylation sites (N-methyl/N-ethyl adjacent to an activating group) is 2. The molecular weight excluding hydrogens is 821 g/mol. The van der Waals surface area contributed by atoms with Crippen LogP contribution >= 0.6 is 0 Å². The van der Waals surface area contributed by atoms with Crippen molar-refractivity contribution in [3.63, 3.8) is 0 Å². The molecule has 19 atom stereocenters. The molecule has 0 spiro atoms. The lowest BCUT2D eigenvalue weighted by molar-refractivity contribution is -0.344. The van der Waals surface area contributed by atoms with Crippen molar-refractivity contribution in [3.05, 3.63) is 24.3 Å². The first-order chi connectivity index (χ1) is 29.7. The molecule has 17 heteroatoms. The Hall–Kier alpha value is -2.39. The van der Waals surface area contributed by atoms with Gasteiger partial charge in [0.1, 0.15) is 42.9 Å². The van der Waals surface area contributed by atoms with E-state index in [4.69, 9.17) is 42.6 Å². The predicted octanol–water partition coefficient (Wildman–Crippen LogP) is 3.29. The molecule has 3 saturated heterocycles. The highest BCUT2D eigenvalue weighted by molar-refractivity contribution is 5.72. The molecule has 0 bridgehead atoms. The van der Waals surface area contributed by atoms with Gasteiger partial charge in [0.2, 0.25) is 0 Å². The fraction of sp³-hybridized carbons (Fsp3) is 0.848. The fourth-order valence-electron chi connectivity index (χ4n) is 9.44. The lowest BCUT2D eigenvalue weighted by Crippen LogP contribution is -2.65. The third-order valence-electron chi connectivity index (χ3n) is 12.9. The van der Waals surface area contributed by atoms with Crippen LogP contribution in [0.4, 0.5) is 0 Å². The summed E-state index contributed by atoms with van der Waals surface area (Å²) in [6.45, 7) is 12.4. The number of hydrogen-bond acceptors (Lipinski definition) is 17. The Balaban J connectivity index is 1.74. The van der Waals surface area contributed by atoms with Gasteiger partial charge in [-0.05, 0) is 93.9 Å². The zero-order valence-electron chi connectivity index (χ0n) is 39.6. The largest absolute Gasteiger partial charge is 0.462 e. The van der Waals surface area contributed by atoms with Crippen LogP contribution in [0.3, 0.4) is 0 Å². The molecule has 0 aliphatic carbocycles. The van der Waals surface area contributed by atoms with Crippen molar-refractivity contribution in [2.45, 2.75) is 204 Å². The molecule has 4 heterocycles. The SMILES string of the molecule is CCC(=O)O[C@@H]1CC(=O)O[C@H](C)C/C=C\C=C\[C@H](O[C@H]2CC[C@H](N(C)C)[C@@H](C)O2)[C@H](C)C[C@H](CC=O)[C@H](O[C@@H]2O[C@H](C)[C@@H](O[C@H]3C[C@@](C)(O)[C@@H](O)[C@H](C)O3)[C@H](N(C)C)[C@H]2O)C1OC. The molecule has 3 fully saturated rings. The molecule has 4 rings (SSSR count). The second kappa shape index (κ2) is 24.4. The van der Waals surface area contributed by atoms with E-state index < -0.39 is 109 Å². The maximum absolute atomic E-state index is 13.5. The summed E-state index contributed by atoms with van der Waals surface area (Å²) < 4.78 is 56.7. The summed E-state index contributed by atoms with van der Waals surface area (Å²) >= 11 is 0. The van der Waals surface area contributed by atoms with Crippen molar-refractivity contribution in [1.82, 2.24) is 9.80 Å². The summed E-state index contributed by atoms with van der Waals surface area (Å²) in [5, 5.41) is 33.7. The van der Waals surface area contributed by atoms with E-state index in [0.717, 1.165) is 12.7 Å². The number of allylic oxidation sites excluding steroid dienone is 2. The maximum Gasteiger partial charge on any atom is 0.309 e. The van der Waals surface area contributed by atoms with Crippen molar-refractivity contribution < 1.29 is 72.3 Å². The van der Waals surface area contributed by atoms with E-state index >= 15 is 0 Å². The van der Waals surface area contributed by atoms with Gasteiger partial charge in [0.25, 0.3) is 0 Å². The van der Waals surface area contributed by atoms with Gasteiger partial charge in [-0.2, -0.15) is 0 Å². The molecule has 17 nitrogen and oxygen atoms in total. The third-order valence-corrected chi connectivity index (χ3v) is 12.9. The molecule has 0 aromatic rings. The topological polar surface area (TPSA) is 201 Å². The zero-order valence-corrected chi connectivity index (χ0v) is 39.6. The average Bonchev–Trinajstić information content (AvgIpc) is 3.19. The van der Waals surface area contributed by atoms with E-state index in [1.165, 1.54) is 14.0 Å². The fourth-order valence-corrected chi connectivity index (χ4v) is 9.44. The van der Waals surface area contributed by atoms with Gasteiger partial charge in [-0.25, -0.2) is 0 Å². The molecule has 0 saturated carbocycles. The van der Waals surface area contributed by atoms with Gasteiger partial charge in [0.05, 0.1) is 48.6 Å². The molecule has 4 aliphatic heterocycles. The van der Waals surface area contributed by atoms with Crippen LogP contribution in [-0.4, -0.2) is 182 Å². The minimum atomic E-state index is -1.49. The van der Waals surface area contributed by atoms with Gasteiger partial charge in [0.15, 0.2) is 18.9 Å². The monoisotopic (exact) mass is 899 g/mol. The molecule has 63 heavy (non-hydrogen) atoms. The number of rotatable bonds is 13. The molecule has 0 radical (unpaired) electrons. The van der Waals surface area contributed by atoms with Crippen LogP contribution < -0.4 is 0 Å². The van der Waals surface area contributed by atoms with E-state index in [-0.39, 0.29) is 43.7 Å². The van der Waals surface area contributed by atoms with Gasteiger partial charge in [-0.3, -0.25) is 9.59 Å². The quantitative estimate of drug-likeness (QED) is 0.180. The number of methoxy groups -OCH3 is 1. The molecule has 0 amide bonds. The molecule has 0 aromatic carbocycles. The first-order valence-electron chi connectivity index (χ1n) is 22.7. The molecule has 0 aromatic heterocycles. The number of nitrogens with zero attached hydrogens (tertiary/aromatic N) is 2. The Morgan fingerprint density at radius 2 is 1.60 bits per heavy atom. The summed E-state index contributed by atoms with van der Waals surface area (Å²) in [4.78, 5) is 43.2. The highest BCUT2D eigenvalue weighted by Gasteiger charge is 2.52. The maximum atomic E-state index is 13.5. The van der Waals surface area contributed by atoms with E-state index in [2.05, 4.69) is 4.90 Å². The highest BCUT2D eigenvalue weighted by atomic mass is 16.7. The Kier molecular flexibility index (Phi) is 20.6. The second-order valence-electron chi connectivity index (χ2n) is 18.6. The third kappa shape index (κ3) is 14.5. The Bertz CT molecular complexity index is 1490. The Morgan fingerprint density at radius 3 is 2.21 bits per heavy atom. The number of esters is 2. The minimum Gasteiger partial charge on any atom is -0.462 e. The van der Waals surface area contributed by atoms with Crippen molar-refractivity contribution in [1.29, 1.82) is 0 Å². The number of ether oxygens (including phenoxy) is 9. The smallest absolute Gasteiger partial charge is 0.309 e.